The standard InChI is InChI=1S/C10H12FN2/c11-9-3-1-2-4-10(9)13-7-5-12-6-8-13/h2-4,12H,5-8H2. The van der Waals surface area contributed by atoms with Gasteiger partial charge in [-0.2, -0.15) is 0 Å². The first-order valence-corrected chi connectivity index (χ1v) is 4.49. The Kier molecular flexibility index (Phi) is 2.45. The van der Waals surface area contributed by atoms with E-state index in [0.29, 0.717) is 5.69 Å². The summed E-state index contributed by atoms with van der Waals surface area (Å²) in [6.07, 6.45) is 0. The maximum atomic E-state index is 13.3. The van der Waals surface area contributed by atoms with Gasteiger partial charge in [0, 0.05) is 26.2 Å². The van der Waals surface area contributed by atoms with Crippen molar-refractivity contribution in [3.05, 3.63) is 30.1 Å². The molecule has 1 fully saturated rings. The quantitative estimate of drug-likeness (QED) is 0.692. The number of piperazine rings is 1. The molecule has 0 aromatic heterocycles. The van der Waals surface area contributed by atoms with Gasteiger partial charge < -0.3 is 10.2 Å². The summed E-state index contributed by atoms with van der Waals surface area (Å²) in [7, 11) is 0. The summed E-state index contributed by atoms with van der Waals surface area (Å²) in [5.41, 5.74) is 0.695. The third-order valence-corrected chi connectivity index (χ3v) is 2.25. The average Bonchev–Trinajstić information content (AvgIpc) is 2.20. The molecule has 69 valence electrons. The van der Waals surface area contributed by atoms with Crippen LogP contribution in [0, 0.1) is 11.9 Å². The summed E-state index contributed by atoms with van der Waals surface area (Å²) in [4.78, 5) is 2.06. The lowest BCUT2D eigenvalue weighted by atomic mass is 10.2. The predicted octanol–water partition coefficient (Wildman–Crippen LogP) is 1.04. The molecule has 0 unspecified atom stereocenters. The van der Waals surface area contributed by atoms with Crippen molar-refractivity contribution in [2.24, 2.45) is 0 Å². The van der Waals surface area contributed by atoms with Crippen LogP contribution in [-0.4, -0.2) is 26.2 Å². The number of halogens is 1. The highest BCUT2D eigenvalue weighted by Gasteiger charge is 2.12. The molecule has 1 aromatic rings. The van der Waals surface area contributed by atoms with Crippen molar-refractivity contribution in [3.8, 4) is 0 Å². The van der Waals surface area contributed by atoms with Crippen molar-refractivity contribution in [1.82, 2.24) is 5.32 Å². The SMILES string of the molecule is Fc1c[c]ccc1N1CCNCC1. The molecule has 1 saturated heterocycles. The minimum absolute atomic E-state index is 0.176. The Labute approximate surface area is 77.4 Å². The Hall–Kier alpha value is -1.09. The van der Waals surface area contributed by atoms with Gasteiger partial charge in [-0.3, -0.25) is 0 Å². The van der Waals surface area contributed by atoms with Crippen LogP contribution in [0.5, 0.6) is 0 Å². The highest BCUT2D eigenvalue weighted by molar-refractivity contribution is 5.47. The highest BCUT2D eigenvalue weighted by Crippen LogP contribution is 2.18. The van der Waals surface area contributed by atoms with Gasteiger partial charge in [0.05, 0.1) is 5.69 Å². The van der Waals surface area contributed by atoms with Gasteiger partial charge in [0.15, 0.2) is 0 Å². The number of nitrogens with one attached hydrogen (secondary N) is 1. The van der Waals surface area contributed by atoms with Crippen LogP contribution < -0.4 is 10.2 Å². The molecule has 2 rings (SSSR count). The first-order chi connectivity index (χ1) is 6.38. The van der Waals surface area contributed by atoms with Crippen LogP contribution in [0.3, 0.4) is 0 Å². The minimum atomic E-state index is -0.176. The van der Waals surface area contributed by atoms with E-state index in [1.807, 2.05) is 0 Å². The molecule has 3 heteroatoms. The van der Waals surface area contributed by atoms with Crippen LogP contribution in [0.1, 0.15) is 0 Å². The van der Waals surface area contributed by atoms with E-state index in [0.717, 1.165) is 26.2 Å². The Morgan fingerprint density at radius 3 is 2.85 bits per heavy atom. The van der Waals surface area contributed by atoms with Crippen LogP contribution in [-0.2, 0) is 0 Å². The Morgan fingerprint density at radius 2 is 2.15 bits per heavy atom. The van der Waals surface area contributed by atoms with Gasteiger partial charge in [-0.05, 0) is 18.2 Å². The molecule has 0 spiro atoms. The Bertz CT molecular complexity index is 282. The van der Waals surface area contributed by atoms with Crippen LogP contribution >= 0.6 is 0 Å². The fourth-order valence-corrected chi connectivity index (χ4v) is 1.56. The molecule has 0 saturated carbocycles. The molecule has 0 atom stereocenters. The molecule has 13 heavy (non-hydrogen) atoms. The zero-order valence-electron chi connectivity index (χ0n) is 7.39. The zero-order chi connectivity index (χ0) is 9.10. The third kappa shape index (κ3) is 1.80. The fraction of sp³-hybridized carbons (Fsp3) is 0.400. The van der Waals surface area contributed by atoms with Crippen molar-refractivity contribution >= 4 is 5.69 Å². The third-order valence-electron chi connectivity index (χ3n) is 2.25. The normalized spacial score (nSPS) is 17.5. The Morgan fingerprint density at radius 1 is 1.38 bits per heavy atom. The van der Waals surface area contributed by atoms with E-state index < -0.39 is 0 Å². The largest absolute Gasteiger partial charge is 0.367 e. The van der Waals surface area contributed by atoms with Gasteiger partial charge in [-0.25, -0.2) is 4.39 Å². The topological polar surface area (TPSA) is 15.3 Å². The van der Waals surface area contributed by atoms with E-state index in [1.165, 1.54) is 6.07 Å². The molecule has 0 amide bonds. The van der Waals surface area contributed by atoms with Gasteiger partial charge in [0.25, 0.3) is 0 Å². The zero-order valence-corrected chi connectivity index (χ0v) is 7.39. The molecule has 1 radical (unpaired) electrons. The van der Waals surface area contributed by atoms with E-state index in [-0.39, 0.29) is 5.82 Å². The van der Waals surface area contributed by atoms with Crippen molar-refractivity contribution < 1.29 is 4.39 Å². The second-order valence-corrected chi connectivity index (χ2v) is 3.11. The number of nitrogens with zero attached hydrogens (tertiary/aromatic N) is 1. The summed E-state index contributed by atoms with van der Waals surface area (Å²) in [6.45, 7) is 3.61. The molecular weight excluding hydrogens is 167 g/mol. The van der Waals surface area contributed by atoms with Gasteiger partial charge in [-0.1, -0.05) is 6.07 Å². The van der Waals surface area contributed by atoms with Crippen LogP contribution in [0.4, 0.5) is 10.1 Å². The number of hydrogen-bond acceptors (Lipinski definition) is 2. The highest BCUT2D eigenvalue weighted by atomic mass is 19.1. The molecule has 1 aromatic carbocycles. The summed E-state index contributed by atoms with van der Waals surface area (Å²) >= 11 is 0. The van der Waals surface area contributed by atoms with Crippen molar-refractivity contribution in [2.45, 2.75) is 0 Å². The van der Waals surface area contributed by atoms with Crippen molar-refractivity contribution in [1.29, 1.82) is 0 Å². The van der Waals surface area contributed by atoms with E-state index in [2.05, 4.69) is 16.3 Å². The number of benzene rings is 1. The molecule has 0 bridgehead atoms. The van der Waals surface area contributed by atoms with E-state index in [4.69, 9.17) is 0 Å². The first kappa shape index (κ1) is 8.51. The summed E-state index contributed by atoms with van der Waals surface area (Å²) < 4.78 is 13.3. The second-order valence-electron chi connectivity index (χ2n) is 3.11. The molecule has 1 heterocycles. The Balaban J connectivity index is 2.18. The minimum Gasteiger partial charge on any atom is -0.367 e. The predicted molar refractivity (Wildman–Crippen MR) is 50.3 cm³/mol. The summed E-state index contributed by atoms with van der Waals surface area (Å²) in [5.74, 6) is -0.176. The van der Waals surface area contributed by atoms with Crippen LogP contribution in [0.15, 0.2) is 18.2 Å². The maximum Gasteiger partial charge on any atom is 0.147 e. The average molecular weight is 179 g/mol. The molecule has 2 nitrogen and oxygen atoms in total. The monoisotopic (exact) mass is 179 g/mol. The smallest absolute Gasteiger partial charge is 0.147 e. The molecule has 1 N–H and O–H groups in total. The van der Waals surface area contributed by atoms with E-state index in [1.54, 1.807) is 12.1 Å². The van der Waals surface area contributed by atoms with E-state index >= 15 is 0 Å². The first-order valence-electron chi connectivity index (χ1n) is 4.49. The molecule has 1 aliphatic rings. The second kappa shape index (κ2) is 3.75. The molecular formula is C10H12FN2. The molecule has 1 aliphatic heterocycles. The van der Waals surface area contributed by atoms with Crippen LogP contribution in [0.2, 0.25) is 0 Å². The van der Waals surface area contributed by atoms with E-state index in [9.17, 15) is 4.39 Å². The lowest BCUT2D eigenvalue weighted by molar-refractivity contribution is 0.566. The van der Waals surface area contributed by atoms with Crippen LogP contribution in [0.25, 0.3) is 0 Å². The number of hydrogen-bond donors (Lipinski definition) is 1. The fourth-order valence-electron chi connectivity index (χ4n) is 1.56. The number of rotatable bonds is 1. The summed E-state index contributed by atoms with van der Waals surface area (Å²) in [6, 6.07) is 7.64. The van der Waals surface area contributed by atoms with Gasteiger partial charge in [-0.15, -0.1) is 0 Å². The van der Waals surface area contributed by atoms with Gasteiger partial charge >= 0.3 is 0 Å². The van der Waals surface area contributed by atoms with Gasteiger partial charge in [0.2, 0.25) is 0 Å². The lowest BCUT2D eigenvalue weighted by Gasteiger charge is -2.29. The van der Waals surface area contributed by atoms with Gasteiger partial charge in [0.1, 0.15) is 5.82 Å². The maximum absolute atomic E-state index is 13.3. The van der Waals surface area contributed by atoms with Crippen molar-refractivity contribution in [3.63, 3.8) is 0 Å². The molecule has 0 aliphatic carbocycles. The number of anilines is 1. The summed E-state index contributed by atoms with van der Waals surface area (Å²) in [5, 5.41) is 3.23. The van der Waals surface area contributed by atoms with Crippen molar-refractivity contribution in [2.75, 3.05) is 31.1 Å². The lowest BCUT2D eigenvalue weighted by Crippen LogP contribution is -2.43.